The van der Waals surface area contributed by atoms with Crippen LogP contribution in [0.15, 0.2) is 12.1 Å². The zero-order chi connectivity index (χ0) is 10.0. The highest BCUT2D eigenvalue weighted by Crippen LogP contribution is 2.15. The topological polar surface area (TPSA) is 23.5 Å². The molecule has 0 atom stereocenters. The first-order chi connectivity index (χ1) is 6.00. The minimum Gasteiger partial charge on any atom is -0.314 e. The maximum Gasteiger partial charge on any atom is 0.126 e. The summed E-state index contributed by atoms with van der Waals surface area (Å²) in [5.41, 5.74) is 2.37. The molecule has 0 spiro atoms. The number of aryl methyl sites for hydroxylation is 1. The molecule has 0 saturated heterocycles. The summed E-state index contributed by atoms with van der Waals surface area (Å²) in [6.45, 7) is 3.95. The Bertz CT molecular complexity index is 287. The first-order valence-electron chi connectivity index (χ1n) is 4.16. The molecule has 0 amide bonds. The van der Waals surface area contributed by atoms with E-state index in [2.05, 4.69) is 0 Å². The van der Waals surface area contributed by atoms with Crippen molar-refractivity contribution in [2.24, 2.45) is 0 Å². The molecule has 0 aliphatic heterocycles. The molecule has 0 aliphatic rings. The van der Waals surface area contributed by atoms with Crippen LogP contribution in [0.4, 0.5) is 4.39 Å². The largest absolute Gasteiger partial charge is 0.314 e. The predicted octanol–water partition coefficient (Wildman–Crippen LogP) is 2.26. The van der Waals surface area contributed by atoms with Crippen LogP contribution >= 0.6 is 0 Å². The van der Waals surface area contributed by atoms with Gasteiger partial charge in [-0.15, -0.1) is 0 Å². The molecule has 2 nitrogen and oxygen atoms in total. The van der Waals surface area contributed by atoms with Crippen molar-refractivity contribution in [2.75, 3.05) is 7.05 Å². The number of rotatable bonds is 2. The number of nitrogens with zero attached hydrogens (tertiary/aromatic N) is 1. The van der Waals surface area contributed by atoms with E-state index < -0.39 is 0 Å². The number of hydrogen-bond donors (Lipinski definition) is 1. The molecule has 0 bridgehead atoms. The Morgan fingerprint density at radius 3 is 2.46 bits per heavy atom. The Hall–Kier alpha value is -0.930. The number of hydrogen-bond acceptors (Lipinski definition) is 2. The highest BCUT2D eigenvalue weighted by atomic mass is 19.1. The molecule has 1 aromatic carbocycles. The molecule has 0 radical (unpaired) electrons. The summed E-state index contributed by atoms with van der Waals surface area (Å²) in [5, 5.41) is 10.00. The fourth-order valence-electron chi connectivity index (χ4n) is 1.24. The Balaban J connectivity index is 2.99. The van der Waals surface area contributed by atoms with Crippen molar-refractivity contribution in [1.82, 2.24) is 5.06 Å². The second-order valence-electron chi connectivity index (χ2n) is 3.34. The monoisotopic (exact) mass is 183 g/mol. The Morgan fingerprint density at radius 1 is 1.38 bits per heavy atom. The van der Waals surface area contributed by atoms with E-state index in [-0.39, 0.29) is 5.82 Å². The summed E-state index contributed by atoms with van der Waals surface area (Å²) in [6.07, 6.45) is 0. The standard InChI is InChI=1S/C10H14FNO/c1-7-4-9(6-12(3)13)5-10(11)8(7)2/h4-5,13H,6H2,1-3H3. The third-order valence-electron chi connectivity index (χ3n) is 2.08. The van der Waals surface area contributed by atoms with Crippen LogP contribution in [-0.4, -0.2) is 17.3 Å². The lowest BCUT2D eigenvalue weighted by Crippen LogP contribution is -2.12. The number of halogens is 1. The molecule has 0 saturated carbocycles. The summed E-state index contributed by atoms with van der Waals surface area (Å²) in [6, 6.07) is 3.33. The van der Waals surface area contributed by atoms with Crippen LogP contribution in [0.1, 0.15) is 16.7 Å². The second-order valence-corrected chi connectivity index (χ2v) is 3.34. The third kappa shape index (κ3) is 2.50. The van der Waals surface area contributed by atoms with Gasteiger partial charge in [0.2, 0.25) is 0 Å². The van der Waals surface area contributed by atoms with E-state index in [1.165, 1.54) is 13.1 Å². The van der Waals surface area contributed by atoms with Gasteiger partial charge in [0, 0.05) is 13.6 Å². The molecule has 1 aromatic rings. The van der Waals surface area contributed by atoms with Gasteiger partial charge in [-0.1, -0.05) is 6.07 Å². The molecular weight excluding hydrogens is 169 g/mol. The second kappa shape index (κ2) is 3.85. The predicted molar refractivity (Wildman–Crippen MR) is 49.1 cm³/mol. The van der Waals surface area contributed by atoms with Gasteiger partial charge in [0.05, 0.1) is 0 Å². The molecule has 1 N–H and O–H groups in total. The normalized spacial score (nSPS) is 10.9. The molecular formula is C10H14FNO. The fraction of sp³-hybridized carbons (Fsp3) is 0.400. The van der Waals surface area contributed by atoms with Crippen LogP contribution in [0.2, 0.25) is 0 Å². The Morgan fingerprint density at radius 2 is 2.00 bits per heavy atom. The first-order valence-corrected chi connectivity index (χ1v) is 4.16. The van der Waals surface area contributed by atoms with Crippen LogP contribution in [0.25, 0.3) is 0 Å². The third-order valence-corrected chi connectivity index (χ3v) is 2.08. The molecule has 3 heteroatoms. The lowest BCUT2D eigenvalue weighted by Gasteiger charge is -2.10. The van der Waals surface area contributed by atoms with Crippen molar-refractivity contribution in [1.29, 1.82) is 0 Å². The van der Waals surface area contributed by atoms with Gasteiger partial charge in [-0.05, 0) is 36.6 Å². The van der Waals surface area contributed by atoms with E-state index in [1.54, 1.807) is 6.92 Å². The highest BCUT2D eigenvalue weighted by molar-refractivity contribution is 5.31. The van der Waals surface area contributed by atoms with Gasteiger partial charge in [0.15, 0.2) is 0 Å². The number of hydroxylamine groups is 2. The molecule has 0 aliphatic carbocycles. The van der Waals surface area contributed by atoms with E-state index in [9.17, 15) is 4.39 Å². The lowest BCUT2D eigenvalue weighted by molar-refractivity contribution is -0.0732. The molecule has 0 heterocycles. The minimum atomic E-state index is -0.211. The van der Waals surface area contributed by atoms with Gasteiger partial charge < -0.3 is 5.21 Å². The summed E-state index contributed by atoms with van der Waals surface area (Å²) in [4.78, 5) is 0. The maximum absolute atomic E-state index is 13.2. The van der Waals surface area contributed by atoms with Crippen molar-refractivity contribution in [3.63, 3.8) is 0 Å². The fourth-order valence-corrected chi connectivity index (χ4v) is 1.24. The van der Waals surface area contributed by atoms with Gasteiger partial charge in [0.1, 0.15) is 5.82 Å². The first kappa shape index (κ1) is 10.2. The molecule has 1 rings (SSSR count). The quantitative estimate of drug-likeness (QED) is 0.711. The van der Waals surface area contributed by atoms with Crippen molar-refractivity contribution in [3.8, 4) is 0 Å². The summed E-state index contributed by atoms with van der Waals surface area (Å²) < 4.78 is 13.2. The van der Waals surface area contributed by atoms with E-state index in [0.717, 1.165) is 16.2 Å². The van der Waals surface area contributed by atoms with Crippen LogP contribution < -0.4 is 0 Å². The van der Waals surface area contributed by atoms with E-state index >= 15 is 0 Å². The van der Waals surface area contributed by atoms with Crippen molar-refractivity contribution in [3.05, 3.63) is 34.6 Å². The van der Waals surface area contributed by atoms with Gasteiger partial charge in [-0.25, -0.2) is 4.39 Å². The van der Waals surface area contributed by atoms with Gasteiger partial charge >= 0.3 is 0 Å². The van der Waals surface area contributed by atoms with Crippen LogP contribution in [0.3, 0.4) is 0 Å². The van der Waals surface area contributed by atoms with E-state index in [0.29, 0.717) is 12.1 Å². The molecule has 13 heavy (non-hydrogen) atoms. The van der Waals surface area contributed by atoms with E-state index in [4.69, 9.17) is 5.21 Å². The zero-order valence-corrected chi connectivity index (χ0v) is 8.13. The minimum absolute atomic E-state index is 0.211. The van der Waals surface area contributed by atoms with Crippen LogP contribution in [-0.2, 0) is 6.54 Å². The summed E-state index contributed by atoms with van der Waals surface area (Å²) in [5.74, 6) is -0.211. The lowest BCUT2D eigenvalue weighted by atomic mass is 10.1. The summed E-state index contributed by atoms with van der Waals surface area (Å²) >= 11 is 0. The van der Waals surface area contributed by atoms with Gasteiger partial charge in [0.25, 0.3) is 0 Å². The zero-order valence-electron chi connectivity index (χ0n) is 8.13. The van der Waals surface area contributed by atoms with Gasteiger partial charge in [-0.3, -0.25) is 0 Å². The molecule has 0 fully saturated rings. The average molecular weight is 183 g/mol. The molecule has 0 aromatic heterocycles. The molecule has 0 unspecified atom stereocenters. The SMILES string of the molecule is Cc1cc(CN(C)O)cc(F)c1C. The van der Waals surface area contributed by atoms with E-state index in [1.807, 2.05) is 13.0 Å². The van der Waals surface area contributed by atoms with Gasteiger partial charge in [-0.2, -0.15) is 5.06 Å². The van der Waals surface area contributed by atoms with Crippen molar-refractivity contribution in [2.45, 2.75) is 20.4 Å². The molecule has 72 valence electrons. The van der Waals surface area contributed by atoms with Crippen LogP contribution in [0.5, 0.6) is 0 Å². The summed E-state index contributed by atoms with van der Waals surface area (Å²) in [7, 11) is 1.53. The highest BCUT2D eigenvalue weighted by Gasteiger charge is 2.04. The maximum atomic E-state index is 13.2. The smallest absolute Gasteiger partial charge is 0.126 e. The average Bonchev–Trinajstić information content (AvgIpc) is 1.98. The Labute approximate surface area is 77.6 Å². The van der Waals surface area contributed by atoms with Crippen molar-refractivity contribution < 1.29 is 9.60 Å². The van der Waals surface area contributed by atoms with Crippen LogP contribution in [0, 0.1) is 19.7 Å². The Kier molecular flexibility index (Phi) is 3.01. The van der Waals surface area contributed by atoms with Crippen molar-refractivity contribution >= 4 is 0 Å². The number of benzene rings is 1.